The Hall–Kier alpha value is -0.940. The number of thioether (sulfide) groups is 1. The Morgan fingerprint density at radius 3 is 3.15 bits per heavy atom. The molecule has 2 heteroatoms. The van der Waals surface area contributed by atoms with Crippen molar-refractivity contribution in [3.05, 3.63) is 29.8 Å². The molecule has 1 aliphatic heterocycles. The summed E-state index contributed by atoms with van der Waals surface area (Å²) in [5.41, 5.74) is 1.45. The second-order valence-corrected chi connectivity index (χ2v) is 4.30. The van der Waals surface area contributed by atoms with Gasteiger partial charge in [-0.25, -0.2) is 0 Å². The number of hydrogen-bond donors (Lipinski definition) is 0. The van der Waals surface area contributed by atoms with Crippen LogP contribution in [0.15, 0.2) is 29.2 Å². The van der Waals surface area contributed by atoms with Crippen LogP contribution in [0.2, 0.25) is 0 Å². The number of nitrogens with zero attached hydrogens (tertiary/aromatic N) is 1. The molecule has 0 amide bonds. The van der Waals surface area contributed by atoms with Crippen LogP contribution >= 0.6 is 11.8 Å². The molecule has 0 bridgehead atoms. The molecule has 1 unspecified atom stereocenters. The van der Waals surface area contributed by atoms with Gasteiger partial charge in [0.1, 0.15) is 0 Å². The third kappa shape index (κ3) is 1.71. The summed E-state index contributed by atoms with van der Waals surface area (Å²) in [6, 6.07) is 10.8. The largest absolute Gasteiger partial charge is 0.198 e. The maximum atomic E-state index is 8.52. The van der Waals surface area contributed by atoms with Crippen LogP contribution in [0, 0.1) is 11.3 Å². The van der Waals surface area contributed by atoms with Crippen molar-refractivity contribution < 1.29 is 0 Å². The molecule has 0 spiro atoms. The van der Waals surface area contributed by atoms with Crippen molar-refractivity contribution in [2.24, 2.45) is 0 Å². The van der Waals surface area contributed by atoms with Crippen molar-refractivity contribution in [1.29, 1.82) is 5.26 Å². The molecule has 0 saturated carbocycles. The van der Waals surface area contributed by atoms with Crippen molar-refractivity contribution in [3.8, 4) is 6.07 Å². The predicted octanol–water partition coefficient (Wildman–Crippen LogP) is 3.18. The minimum atomic E-state index is 0.612. The first-order valence-electron chi connectivity index (χ1n) is 4.50. The van der Waals surface area contributed by atoms with E-state index in [9.17, 15) is 0 Å². The first kappa shape index (κ1) is 8.65. The second kappa shape index (κ2) is 3.85. The minimum absolute atomic E-state index is 0.612. The lowest BCUT2D eigenvalue weighted by molar-refractivity contribution is 0.707. The van der Waals surface area contributed by atoms with E-state index in [0.29, 0.717) is 12.3 Å². The highest BCUT2D eigenvalue weighted by Crippen LogP contribution is 2.41. The van der Waals surface area contributed by atoms with E-state index in [1.165, 1.54) is 10.5 Å². The Bertz CT molecular complexity index is 340. The van der Waals surface area contributed by atoms with Gasteiger partial charge in [-0.15, -0.1) is 11.8 Å². The van der Waals surface area contributed by atoms with Crippen molar-refractivity contribution >= 4 is 11.8 Å². The highest BCUT2D eigenvalue weighted by molar-refractivity contribution is 7.99. The van der Waals surface area contributed by atoms with Gasteiger partial charge in [0.15, 0.2) is 0 Å². The van der Waals surface area contributed by atoms with Gasteiger partial charge in [0.25, 0.3) is 0 Å². The monoisotopic (exact) mass is 189 g/mol. The van der Waals surface area contributed by atoms with Crippen LogP contribution in [-0.4, -0.2) is 5.75 Å². The maximum absolute atomic E-state index is 8.52. The lowest BCUT2D eigenvalue weighted by Crippen LogP contribution is -1.95. The molecular weight excluding hydrogens is 178 g/mol. The molecule has 0 radical (unpaired) electrons. The standard InChI is InChI=1S/C11H11NS/c12-7-3-4-9-8-13-11-6-2-1-5-10(9)11/h1-2,5-6,9H,3-4,8H2. The van der Waals surface area contributed by atoms with Crippen LogP contribution in [0.4, 0.5) is 0 Å². The molecule has 0 N–H and O–H groups in total. The van der Waals surface area contributed by atoms with Gasteiger partial charge in [-0.1, -0.05) is 18.2 Å². The van der Waals surface area contributed by atoms with Gasteiger partial charge in [0.05, 0.1) is 6.07 Å². The van der Waals surface area contributed by atoms with Crippen molar-refractivity contribution in [3.63, 3.8) is 0 Å². The van der Waals surface area contributed by atoms with Gasteiger partial charge in [-0.3, -0.25) is 0 Å². The summed E-state index contributed by atoms with van der Waals surface area (Å²) in [4.78, 5) is 1.41. The molecule has 0 aromatic heterocycles. The average Bonchev–Trinajstić information content (AvgIpc) is 2.58. The van der Waals surface area contributed by atoms with Gasteiger partial charge in [-0.05, 0) is 24.0 Å². The summed E-state index contributed by atoms with van der Waals surface area (Å²) in [5, 5.41) is 8.52. The summed E-state index contributed by atoms with van der Waals surface area (Å²) in [7, 11) is 0. The van der Waals surface area contributed by atoms with Crippen LogP contribution in [0.5, 0.6) is 0 Å². The van der Waals surface area contributed by atoms with E-state index in [-0.39, 0.29) is 0 Å². The fourth-order valence-corrected chi connectivity index (χ4v) is 3.01. The number of benzene rings is 1. The normalized spacial score (nSPS) is 19.5. The molecule has 1 nitrogen and oxygen atoms in total. The molecule has 1 atom stereocenters. The zero-order valence-corrected chi connectivity index (χ0v) is 8.18. The van der Waals surface area contributed by atoms with E-state index >= 15 is 0 Å². The highest BCUT2D eigenvalue weighted by atomic mass is 32.2. The van der Waals surface area contributed by atoms with E-state index in [1.54, 1.807) is 0 Å². The summed E-state index contributed by atoms with van der Waals surface area (Å²) in [6.07, 6.45) is 1.69. The number of fused-ring (bicyclic) bond motifs is 1. The van der Waals surface area contributed by atoms with Crippen LogP contribution < -0.4 is 0 Å². The van der Waals surface area contributed by atoms with E-state index in [1.807, 2.05) is 11.8 Å². The van der Waals surface area contributed by atoms with Crippen molar-refractivity contribution in [2.45, 2.75) is 23.7 Å². The lowest BCUT2D eigenvalue weighted by Gasteiger charge is -2.06. The Labute approximate surface area is 82.8 Å². The van der Waals surface area contributed by atoms with Gasteiger partial charge >= 0.3 is 0 Å². The average molecular weight is 189 g/mol. The molecule has 1 aromatic rings. The predicted molar refractivity (Wildman–Crippen MR) is 54.8 cm³/mol. The van der Waals surface area contributed by atoms with Gasteiger partial charge < -0.3 is 0 Å². The number of rotatable bonds is 2. The van der Waals surface area contributed by atoms with Crippen LogP contribution in [-0.2, 0) is 0 Å². The fraction of sp³-hybridized carbons (Fsp3) is 0.364. The summed E-state index contributed by atoms with van der Waals surface area (Å²) >= 11 is 1.92. The molecule has 0 saturated heterocycles. The molecule has 0 fully saturated rings. The highest BCUT2D eigenvalue weighted by Gasteiger charge is 2.21. The van der Waals surface area contributed by atoms with Crippen molar-refractivity contribution in [2.75, 3.05) is 5.75 Å². The summed E-state index contributed by atoms with van der Waals surface area (Å²) < 4.78 is 0. The molecule has 2 rings (SSSR count). The Morgan fingerprint density at radius 2 is 2.31 bits per heavy atom. The quantitative estimate of drug-likeness (QED) is 0.713. The molecule has 13 heavy (non-hydrogen) atoms. The molecule has 1 heterocycles. The van der Waals surface area contributed by atoms with Gasteiger partial charge in [0, 0.05) is 17.1 Å². The van der Waals surface area contributed by atoms with Gasteiger partial charge in [-0.2, -0.15) is 5.26 Å². The first-order chi connectivity index (χ1) is 6.42. The van der Waals surface area contributed by atoms with Crippen LogP contribution in [0.1, 0.15) is 24.3 Å². The summed E-state index contributed by atoms with van der Waals surface area (Å²) in [5.74, 6) is 1.77. The zero-order valence-electron chi connectivity index (χ0n) is 7.36. The Kier molecular flexibility index (Phi) is 2.56. The Morgan fingerprint density at radius 1 is 1.46 bits per heavy atom. The first-order valence-corrected chi connectivity index (χ1v) is 5.49. The number of nitriles is 1. The van der Waals surface area contributed by atoms with Crippen molar-refractivity contribution in [1.82, 2.24) is 0 Å². The minimum Gasteiger partial charge on any atom is -0.198 e. The zero-order chi connectivity index (χ0) is 9.10. The van der Waals surface area contributed by atoms with E-state index in [2.05, 4.69) is 30.3 Å². The van der Waals surface area contributed by atoms with E-state index in [4.69, 9.17) is 5.26 Å². The SMILES string of the molecule is N#CCCC1CSc2ccccc21. The topological polar surface area (TPSA) is 23.8 Å². The molecule has 1 aliphatic rings. The summed E-state index contributed by atoms with van der Waals surface area (Å²) in [6.45, 7) is 0. The fourth-order valence-electron chi connectivity index (χ4n) is 1.71. The molecular formula is C11H11NS. The van der Waals surface area contributed by atoms with Gasteiger partial charge in [0.2, 0.25) is 0 Å². The lowest BCUT2D eigenvalue weighted by atomic mass is 9.97. The second-order valence-electron chi connectivity index (χ2n) is 3.24. The van der Waals surface area contributed by atoms with Crippen LogP contribution in [0.3, 0.4) is 0 Å². The van der Waals surface area contributed by atoms with E-state index in [0.717, 1.165) is 12.2 Å². The Balaban J connectivity index is 2.15. The molecule has 66 valence electrons. The third-order valence-electron chi connectivity index (χ3n) is 2.40. The third-order valence-corrected chi connectivity index (χ3v) is 3.66. The number of hydrogen-bond acceptors (Lipinski definition) is 2. The maximum Gasteiger partial charge on any atom is 0.0621 e. The van der Waals surface area contributed by atoms with E-state index < -0.39 is 0 Å². The van der Waals surface area contributed by atoms with Crippen LogP contribution in [0.25, 0.3) is 0 Å². The molecule has 0 aliphatic carbocycles. The molecule has 1 aromatic carbocycles. The smallest absolute Gasteiger partial charge is 0.0621 e.